The molecule has 0 saturated heterocycles. The zero-order valence-electron chi connectivity index (χ0n) is 7.53. The fraction of sp³-hybridized carbons (Fsp3) is 0.222. The number of carbonyl (C=O) groups is 1. The first-order valence-electron chi connectivity index (χ1n) is 3.80. The molecule has 70 valence electrons. The maximum absolute atomic E-state index is 11.0. The highest BCUT2D eigenvalue weighted by Gasteiger charge is 2.00. The third kappa shape index (κ3) is 3.32. The zero-order valence-corrected chi connectivity index (χ0v) is 9.17. The van der Waals surface area contributed by atoms with E-state index in [1.54, 1.807) is 18.8 Å². The van der Waals surface area contributed by atoms with Crippen molar-refractivity contribution in [3.05, 3.63) is 24.3 Å². The summed E-state index contributed by atoms with van der Waals surface area (Å²) in [6.45, 7) is 0. The highest BCUT2D eigenvalue weighted by atomic mass is 32.2. The van der Waals surface area contributed by atoms with Gasteiger partial charge in [-0.1, -0.05) is 0 Å². The Balaban J connectivity index is 2.64. The van der Waals surface area contributed by atoms with Gasteiger partial charge in [0.2, 0.25) is 0 Å². The summed E-state index contributed by atoms with van der Waals surface area (Å²) in [5.41, 5.74) is 0. The largest absolute Gasteiger partial charge is 0.350 e. The number of hydrogen-bond donors (Lipinski definition) is 1. The quantitative estimate of drug-likeness (QED) is 0.766. The lowest BCUT2D eigenvalue weighted by atomic mass is 10.4. The Morgan fingerprint density at radius 3 is 2.23 bits per heavy atom. The standard InChI is InChI=1S/C9H11NOS2/c1-10-9(11)13-8-5-3-7(12-2)4-6-8/h3-6H,1-2H3,(H,10,11). The topological polar surface area (TPSA) is 29.1 Å². The minimum absolute atomic E-state index is 0.0306. The maximum Gasteiger partial charge on any atom is 0.283 e. The fourth-order valence-electron chi connectivity index (χ4n) is 0.802. The van der Waals surface area contributed by atoms with Gasteiger partial charge in [-0.25, -0.2) is 0 Å². The molecule has 4 heteroatoms. The highest BCUT2D eigenvalue weighted by Crippen LogP contribution is 2.22. The molecule has 0 fully saturated rings. The highest BCUT2D eigenvalue weighted by molar-refractivity contribution is 8.13. The maximum atomic E-state index is 11.0. The summed E-state index contributed by atoms with van der Waals surface area (Å²) >= 11 is 2.90. The molecule has 0 saturated carbocycles. The Hall–Kier alpha value is -0.610. The van der Waals surface area contributed by atoms with E-state index >= 15 is 0 Å². The van der Waals surface area contributed by atoms with Gasteiger partial charge in [-0.15, -0.1) is 11.8 Å². The summed E-state index contributed by atoms with van der Waals surface area (Å²) in [6, 6.07) is 7.92. The van der Waals surface area contributed by atoms with E-state index in [2.05, 4.69) is 5.32 Å². The molecule has 0 atom stereocenters. The third-order valence-electron chi connectivity index (χ3n) is 1.47. The van der Waals surface area contributed by atoms with Crippen molar-refractivity contribution in [3.63, 3.8) is 0 Å². The van der Waals surface area contributed by atoms with Crippen molar-refractivity contribution in [1.29, 1.82) is 0 Å². The normalized spacial score (nSPS) is 9.69. The smallest absolute Gasteiger partial charge is 0.283 e. The zero-order chi connectivity index (χ0) is 9.68. The van der Waals surface area contributed by atoms with Crippen molar-refractivity contribution < 1.29 is 4.79 Å². The molecule has 0 heterocycles. The number of rotatable bonds is 2. The van der Waals surface area contributed by atoms with Gasteiger partial charge in [-0.3, -0.25) is 4.79 Å². The Morgan fingerprint density at radius 2 is 1.77 bits per heavy atom. The molecule has 0 radical (unpaired) electrons. The predicted octanol–water partition coefficient (Wildman–Crippen LogP) is 2.84. The minimum atomic E-state index is -0.0306. The first kappa shape index (κ1) is 10.5. The van der Waals surface area contributed by atoms with E-state index in [9.17, 15) is 4.79 Å². The van der Waals surface area contributed by atoms with Crippen molar-refractivity contribution in [2.75, 3.05) is 13.3 Å². The average molecular weight is 213 g/mol. The van der Waals surface area contributed by atoms with E-state index in [1.807, 2.05) is 30.5 Å². The summed E-state index contributed by atoms with van der Waals surface area (Å²) in [6.07, 6.45) is 2.03. The number of hydrogen-bond acceptors (Lipinski definition) is 3. The minimum Gasteiger partial charge on any atom is -0.350 e. The van der Waals surface area contributed by atoms with Crippen molar-refractivity contribution in [2.45, 2.75) is 9.79 Å². The second-order valence-electron chi connectivity index (χ2n) is 2.32. The van der Waals surface area contributed by atoms with Gasteiger partial charge >= 0.3 is 0 Å². The first-order valence-corrected chi connectivity index (χ1v) is 5.84. The molecule has 0 bridgehead atoms. The lowest BCUT2D eigenvalue weighted by Crippen LogP contribution is -2.10. The second kappa shape index (κ2) is 5.19. The summed E-state index contributed by atoms with van der Waals surface area (Å²) < 4.78 is 0. The first-order chi connectivity index (χ1) is 6.26. The predicted molar refractivity (Wildman–Crippen MR) is 58.5 cm³/mol. The van der Waals surface area contributed by atoms with Gasteiger partial charge in [-0.2, -0.15) is 0 Å². The second-order valence-corrected chi connectivity index (χ2v) is 4.24. The monoisotopic (exact) mass is 213 g/mol. The Bertz CT molecular complexity index is 284. The molecule has 1 rings (SSSR count). The van der Waals surface area contributed by atoms with Crippen LogP contribution in [0.15, 0.2) is 34.1 Å². The van der Waals surface area contributed by atoms with Crippen LogP contribution < -0.4 is 5.32 Å². The van der Waals surface area contributed by atoms with Crippen molar-refractivity contribution in [1.82, 2.24) is 5.32 Å². The van der Waals surface area contributed by atoms with Gasteiger partial charge in [0.05, 0.1) is 0 Å². The molecule has 0 aliphatic heterocycles. The van der Waals surface area contributed by atoms with Crippen LogP contribution in [-0.2, 0) is 0 Å². The van der Waals surface area contributed by atoms with Crippen molar-refractivity contribution in [2.24, 2.45) is 0 Å². The summed E-state index contributed by atoms with van der Waals surface area (Å²) in [5.74, 6) is 0. The number of carbonyl (C=O) groups excluding carboxylic acids is 1. The van der Waals surface area contributed by atoms with Crippen molar-refractivity contribution >= 4 is 28.8 Å². The Morgan fingerprint density at radius 1 is 1.23 bits per heavy atom. The van der Waals surface area contributed by atoms with Crippen LogP contribution in [0.3, 0.4) is 0 Å². The molecule has 1 N–H and O–H groups in total. The van der Waals surface area contributed by atoms with Crippen LogP contribution in [0.4, 0.5) is 4.79 Å². The van der Waals surface area contributed by atoms with Gasteiger partial charge in [-0.05, 0) is 42.3 Å². The molecule has 0 spiro atoms. The van der Waals surface area contributed by atoms with Crippen LogP contribution in [0, 0.1) is 0 Å². The van der Waals surface area contributed by atoms with Crippen LogP contribution in [0.5, 0.6) is 0 Å². The Labute approximate surface area is 86.5 Å². The van der Waals surface area contributed by atoms with E-state index in [-0.39, 0.29) is 5.24 Å². The van der Waals surface area contributed by atoms with E-state index in [0.717, 1.165) is 4.90 Å². The molecule has 2 nitrogen and oxygen atoms in total. The third-order valence-corrected chi connectivity index (χ3v) is 3.12. The van der Waals surface area contributed by atoms with E-state index in [0.29, 0.717) is 0 Å². The molecule has 13 heavy (non-hydrogen) atoms. The molecule has 1 aromatic carbocycles. The van der Waals surface area contributed by atoms with Gasteiger partial charge in [0.15, 0.2) is 0 Å². The van der Waals surface area contributed by atoms with Crippen LogP contribution in [0.2, 0.25) is 0 Å². The molecular weight excluding hydrogens is 202 g/mol. The van der Waals surface area contributed by atoms with Crippen LogP contribution >= 0.6 is 23.5 Å². The molecule has 1 amide bonds. The van der Waals surface area contributed by atoms with Gasteiger partial charge in [0.25, 0.3) is 5.24 Å². The molecule has 0 aliphatic carbocycles. The number of nitrogens with one attached hydrogen (secondary N) is 1. The number of thioether (sulfide) groups is 2. The van der Waals surface area contributed by atoms with Gasteiger partial charge in [0.1, 0.15) is 0 Å². The fourth-order valence-corrected chi connectivity index (χ4v) is 1.80. The van der Waals surface area contributed by atoms with Gasteiger partial charge in [0, 0.05) is 16.8 Å². The van der Waals surface area contributed by atoms with Crippen LogP contribution in [-0.4, -0.2) is 18.5 Å². The molecule has 1 aromatic rings. The average Bonchev–Trinajstić information content (AvgIpc) is 2.19. The lowest BCUT2D eigenvalue weighted by Gasteiger charge is -2.00. The number of benzene rings is 1. The summed E-state index contributed by atoms with van der Waals surface area (Å²) in [5, 5.41) is 2.53. The lowest BCUT2D eigenvalue weighted by molar-refractivity contribution is 0.262. The summed E-state index contributed by atoms with van der Waals surface area (Å²) in [7, 11) is 1.63. The molecule has 0 aliphatic rings. The molecular formula is C9H11NOS2. The van der Waals surface area contributed by atoms with E-state index < -0.39 is 0 Å². The summed E-state index contributed by atoms with van der Waals surface area (Å²) in [4.78, 5) is 13.2. The SMILES string of the molecule is CNC(=O)Sc1ccc(SC)cc1. The molecule has 0 aromatic heterocycles. The van der Waals surface area contributed by atoms with Crippen molar-refractivity contribution in [3.8, 4) is 0 Å². The van der Waals surface area contributed by atoms with Crippen LogP contribution in [0.1, 0.15) is 0 Å². The Kier molecular flexibility index (Phi) is 4.18. The number of amides is 1. The molecule has 0 unspecified atom stereocenters. The van der Waals surface area contributed by atoms with Gasteiger partial charge < -0.3 is 5.32 Å². The van der Waals surface area contributed by atoms with E-state index in [1.165, 1.54) is 16.7 Å². The van der Waals surface area contributed by atoms with E-state index in [4.69, 9.17) is 0 Å². The van der Waals surface area contributed by atoms with Crippen LogP contribution in [0.25, 0.3) is 0 Å².